The van der Waals surface area contributed by atoms with Gasteiger partial charge in [0.05, 0.1) is 5.54 Å². The topological polar surface area (TPSA) is 29.1 Å². The third kappa shape index (κ3) is 0.979. The number of carbonyl (C=O) groups excluding carboxylic acids is 1. The van der Waals surface area contributed by atoms with Crippen molar-refractivity contribution in [2.75, 3.05) is 6.54 Å². The summed E-state index contributed by atoms with van der Waals surface area (Å²) in [4.78, 5) is 12.5. The fraction of sp³-hybridized carbons (Fsp3) is 0.917. The Morgan fingerprint density at radius 3 is 2.14 bits per heavy atom. The third-order valence-corrected chi connectivity index (χ3v) is 4.70. The molecule has 1 saturated heterocycles. The first-order chi connectivity index (χ1) is 6.78. The van der Waals surface area contributed by atoms with Gasteiger partial charge in [0.1, 0.15) is 0 Å². The Hall–Kier alpha value is -0.370. The standard InChI is InChI=1S/C12H19NO/c14-10-11(5-1-2-6-11)9-13-12(10)7-3-4-8-12/h13H,1-9H2. The lowest BCUT2D eigenvalue weighted by atomic mass is 9.77. The van der Waals surface area contributed by atoms with Gasteiger partial charge in [0, 0.05) is 12.0 Å². The summed E-state index contributed by atoms with van der Waals surface area (Å²) in [5.74, 6) is 0.583. The Morgan fingerprint density at radius 1 is 0.929 bits per heavy atom. The van der Waals surface area contributed by atoms with Crippen LogP contribution in [-0.4, -0.2) is 17.9 Å². The molecule has 1 N–H and O–H groups in total. The maximum absolute atomic E-state index is 12.5. The number of hydrogen-bond acceptors (Lipinski definition) is 2. The summed E-state index contributed by atoms with van der Waals surface area (Å²) in [6, 6.07) is 0. The molecule has 1 heterocycles. The molecule has 2 aliphatic carbocycles. The summed E-state index contributed by atoms with van der Waals surface area (Å²) in [6.07, 6.45) is 9.54. The molecule has 14 heavy (non-hydrogen) atoms. The van der Waals surface area contributed by atoms with E-state index in [0.29, 0.717) is 5.78 Å². The zero-order chi connectivity index (χ0) is 9.65. The summed E-state index contributed by atoms with van der Waals surface area (Å²) in [5.41, 5.74) is 0.00861. The first-order valence-corrected chi connectivity index (χ1v) is 6.08. The highest BCUT2D eigenvalue weighted by Crippen LogP contribution is 2.49. The lowest BCUT2D eigenvalue weighted by Gasteiger charge is -2.25. The molecule has 0 unspecified atom stereocenters. The second kappa shape index (κ2) is 2.82. The van der Waals surface area contributed by atoms with Crippen molar-refractivity contribution >= 4 is 5.78 Å². The monoisotopic (exact) mass is 193 g/mol. The van der Waals surface area contributed by atoms with E-state index in [9.17, 15) is 4.79 Å². The van der Waals surface area contributed by atoms with Crippen LogP contribution in [0.15, 0.2) is 0 Å². The maximum Gasteiger partial charge on any atom is 0.160 e. The van der Waals surface area contributed by atoms with Gasteiger partial charge in [0.2, 0.25) is 0 Å². The molecule has 2 spiro atoms. The van der Waals surface area contributed by atoms with Crippen molar-refractivity contribution in [1.82, 2.24) is 5.32 Å². The summed E-state index contributed by atoms with van der Waals surface area (Å²) in [5, 5.41) is 3.56. The molecule has 0 aromatic heterocycles. The number of rotatable bonds is 0. The number of nitrogens with one attached hydrogen (secondary N) is 1. The number of Topliss-reactive ketones (excluding diaryl/α,β-unsaturated/α-hetero) is 1. The molecule has 0 aromatic carbocycles. The molecule has 0 aromatic rings. The van der Waals surface area contributed by atoms with Crippen LogP contribution in [0.25, 0.3) is 0 Å². The van der Waals surface area contributed by atoms with E-state index in [1.807, 2.05) is 0 Å². The molecule has 0 bridgehead atoms. The third-order valence-electron chi connectivity index (χ3n) is 4.70. The van der Waals surface area contributed by atoms with Crippen LogP contribution in [0, 0.1) is 5.41 Å². The van der Waals surface area contributed by atoms with Gasteiger partial charge in [-0.3, -0.25) is 4.79 Å². The average Bonchev–Trinajstić information content (AvgIpc) is 2.89. The van der Waals surface area contributed by atoms with E-state index >= 15 is 0 Å². The van der Waals surface area contributed by atoms with Crippen LogP contribution in [0.5, 0.6) is 0 Å². The molecule has 2 saturated carbocycles. The smallest absolute Gasteiger partial charge is 0.160 e. The second-order valence-corrected chi connectivity index (χ2v) is 5.46. The molecular weight excluding hydrogens is 174 g/mol. The predicted molar refractivity (Wildman–Crippen MR) is 55.1 cm³/mol. The van der Waals surface area contributed by atoms with Gasteiger partial charge in [-0.25, -0.2) is 0 Å². The lowest BCUT2D eigenvalue weighted by Crippen LogP contribution is -2.43. The quantitative estimate of drug-likeness (QED) is 0.638. The van der Waals surface area contributed by atoms with E-state index in [4.69, 9.17) is 0 Å². The minimum absolute atomic E-state index is 0.0651. The number of carbonyl (C=O) groups is 1. The van der Waals surface area contributed by atoms with E-state index in [0.717, 1.165) is 32.2 Å². The van der Waals surface area contributed by atoms with Crippen molar-refractivity contribution in [3.05, 3.63) is 0 Å². The van der Waals surface area contributed by atoms with Gasteiger partial charge < -0.3 is 5.32 Å². The summed E-state index contributed by atoms with van der Waals surface area (Å²) in [7, 11) is 0. The molecule has 1 aliphatic heterocycles. The molecule has 0 amide bonds. The molecule has 3 fully saturated rings. The van der Waals surface area contributed by atoms with Crippen molar-refractivity contribution in [3.8, 4) is 0 Å². The summed E-state index contributed by atoms with van der Waals surface area (Å²) < 4.78 is 0. The van der Waals surface area contributed by atoms with Crippen molar-refractivity contribution in [2.24, 2.45) is 5.41 Å². The van der Waals surface area contributed by atoms with Crippen LogP contribution in [0.2, 0.25) is 0 Å². The van der Waals surface area contributed by atoms with Crippen LogP contribution >= 0.6 is 0 Å². The highest BCUT2D eigenvalue weighted by molar-refractivity contribution is 5.96. The molecule has 0 atom stereocenters. The van der Waals surface area contributed by atoms with E-state index in [-0.39, 0.29) is 11.0 Å². The largest absolute Gasteiger partial charge is 0.304 e. The molecule has 2 heteroatoms. The lowest BCUT2D eigenvalue weighted by molar-refractivity contribution is -0.129. The Morgan fingerprint density at radius 2 is 1.50 bits per heavy atom. The second-order valence-electron chi connectivity index (χ2n) is 5.46. The maximum atomic E-state index is 12.5. The minimum atomic E-state index is -0.0651. The van der Waals surface area contributed by atoms with E-state index in [2.05, 4.69) is 5.32 Å². The zero-order valence-electron chi connectivity index (χ0n) is 8.77. The van der Waals surface area contributed by atoms with Gasteiger partial charge in [-0.05, 0) is 25.7 Å². The summed E-state index contributed by atoms with van der Waals surface area (Å²) in [6.45, 7) is 0.978. The highest BCUT2D eigenvalue weighted by Gasteiger charge is 2.57. The van der Waals surface area contributed by atoms with Crippen molar-refractivity contribution in [2.45, 2.75) is 56.9 Å². The molecular formula is C12H19NO. The Kier molecular flexibility index (Phi) is 1.79. The van der Waals surface area contributed by atoms with Gasteiger partial charge in [0.25, 0.3) is 0 Å². The Balaban J connectivity index is 1.90. The van der Waals surface area contributed by atoms with Gasteiger partial charge >= 0.3 is 0 Å². The zero-order valence-corrected chi connectivity index (χ0v) is 8.77. The number of ketones is 1. The Bertz CT molecular complexity index is 233. The van der Waals surface area contributed by atoms with Crippen LogP contribution in [0.1, 0.15) is 51.4 Å². The highest BCUT2D eigenvalue weighted by atomic mass is 16.1. The van der Waals surface area contributed by atoms with Crippen molar-refractivity contribution in [1.29, 1.82) is 0 Å². The van der Waals surface area contributed by atoms with Gasteiger partial charge in [0.15, 0.2) is 5.78 Å². The van der Waals surface area contributed by atoms with E-state index in [1.165, 1.54) is 25.7 Å². The van der Waals surface area contributed by atoms with Gasteiger partial charge in [-0.1, -0.05) is 25.7 Å². The first-order valence-electron chi connectivity index (χ1n) is 6.08. The van der Waals surface area contributed by atoms with Crippen molar-refractivity contribution < 1.29 is 4.79 Å². The first kappa shape index (κ1) is 8.90. The molecule has 78 valence electrons. The fourth-order valence-electron chi connectivity index (χ4n) is 3.84. The van der Waals surface area contributed by atoms with Crippen LogP contribution in [-0.2, 0) is 4.79 Å². The van der Waals surface area contributed by atoms with E-state index < -0.39 is 0 Å². The Labute approximate surface area is 85.4 Å². The molecule has 3 rings (SSSR count). The van der Waals surface area contributed by atoms with Crippen LogP contribution in [0.3, 0.4) is 0 Å². The van der Waals surface area contributed by atoms with Crippen LogP contribution < -0.4 is 5.32 Å². The number of hydrogen-bond donors (Lipinski definition) is 1. The summed E-state index contributed by atoms with van der Waals surface area (Å²) >= 11 is 0. The minimum Gasteiger partial charge on any atom is -0.304 e. The SMILES string of the molecule is O=C1C2(CCCC2)CNC12CCCC2. The normalized spacial score (nSPS) is 33.6. The van der Waals surface area contributed by atoms with E-state index in [1.54, 1.807) is 0 Å². The molecule has 2 nitrogen and oxygen atoms in total. The molecule has 0 radical (unpaired) electrons. The predicted octanol–water partition coefficient (Wildman–Crippen LogP) is 2.03. The average molecular weight is 193 g/mol. The van der Waals surface area contributed by atoms with Gasteiger partial charge in [-0.15, -0.1) is 0 Å². The van der Waals surface area contributed by atoms with Crippen LogP contribution in [0.4, 0.5) is 0 Å². The molecule has 3 aliphatic rings. The van der Waals surface area contributed by atoms with Crippen molar-refractivity contribution in [3.63, 3.8) is 0 Å². The fourth-order valence-corrected chi connectivity index (χ4v) is 3.84. The van der Waals surface area contributed by atoms with Gasteiger partial charge in [-0.2, -0.15) is 0 Å².